The lowest BCUT2D eigenvalue weighted by Gasteiger charge is -2.05. The van der Waals surface area contributed by atoms with E-state index >= 15 is 0 Å². The molecular formula is C24H23Cl2FO2. The van der Waals surface area contributed by atoms with Gasteiger partial charge >= 0.3 is 0 Å². The number of carbonyl (C=O) groups is 1. The normalized spacial score (nSPS) is 17.0. The van der Waals surface area contributed by atoms with Crippen LogP contribution in [0.1, 0.15) is 36.8 Å². The number of allylic oxidation sites excluding steroid dienone is 3. The molecule has 0 atom stereocenters. The van der Waals surface area contributed by atoms with E-state index in [0.29, 0.717) is 16.5 Å². The highest BCUT2D eigenvalue weighted by molar-refractivity contribution is 6.30. The summed E-state index contributed by atoms with van der Waals surface area (Å²) in [5.41, 5.74) is 3.80. The first-order valence-corrected chi connectivity index (χ1v) is 10.4. The van der Waals surface area contributed by atoms with Crippen LogP contribution in [0.25, 0.3) is 11.1 Å². The number of aldehydes is 1. The van der Waals surface area contributed by atoms with Gasteiger partial charge in [-0.05, 0) is 78.5 Å². The van der Waals surface area contributed by atoms with Gasteiger partial charge < -0.3 is 4.74 Å². The lowest BCUT2D eigenvalue weighted by molar-refractivity contribution is -0.106. The second-order valence-electron chi connectivity index (χ2n) is 7.25. The second kappa shape index (κ2) is 10.1. The van der Waals surface area contributed by atoms with E-state index in [2.05, 4.69) is 0 Å². The molecular weight excluding hydrogens is 410 g/mol. The number of halogens is 3. The van der Waals surface area contributed by atoms with Crippen molar-refractivity contribution in [3.8, 4) is 0 Å². The van der Waals surface area contributed by atoms with Gasteiger partial charge in [-0.1, -0.05) is 47.5 Å². The van der Waals surface area contributed by atoms with Gasteiger partial charge in [0.05, 0.1) is 13.4 Å². The Morgan fingerprint density at radius 1 is 0.897 bits per heavy atom. The first kappa shape index (κ1) is 21.6. The summed E-state index contributed by atoms with van der Waals surface area (Å²) in [5, 5.41) is 1.39. The Kier molecular flexibility index (Phi) is 7.51. The molecule has 2 fully saturated rings. The molecule has 0 spiro atoms. The molecule has 2 aromatic rings. The third-order valence-electron chi connectivity index (χ3n) is 4.94. The van der Waals surface area contributed by atoms with Gasteiger partial charge in [0.2, 0.25) is 0 Å². The van der Waals surface area contributed by atoms with Crippen LogP contribution in [0, 0.1) is 11.8 Å². The molecule has 152 valence electrons. The van der Waals surface area contributed by atoms with Gasteiger partial charge in [0.15, 0.2) is 12.1 Å². The molecule has 2 aromatic carbocycles. The second-order valence-corrected chi connectivity index (χ2v) is 8.12. The Bertz CT molecular complexity index is 893. The van der Waals surface area contributed by atoms with Gasteiger partial charge in [-0.3, -0.25) is 4.79 Å². The summed E-state index contributed by atoms with van der Waals surface area (Å²) in [6, 6.07) is 14.8. The number of hydrogen-bond acceptors (Lipinski definition) is 2. The molecule has 0 unspecified atom stereocenters. The van der Waals surface area contributed by atoms with Crippen molar-refractivity contribution in [1.82, 2.24) is 0 Å². The lowest BCUT2D eigenvalue weighted by atomic mass is 10.0. The van der Waals surface area contributed by atoms with Crippen molar-refractivity contribution in [3.63, 3.8) is 0 Å². The predicted octanol–water partition coefficient (Wildman–Crippen LogP) is 7.37. The Balaban J connectivity index is 0.000000166. The molecule has 0 saturated heterocycles. The molecule has 0 aliphatic heterocycles. The van der Waals surface area contributed by atoms with Crippen molar-refractivity contribution in [1.29, 1.82) is 0 Å². The van der Waals surface area contributed by atoms with Crippen LogP contribution in [0.2, 0.25) is 10.0 Å². The predicted molar refractivity (Wildman–Crippen MR) is 117 cm³/mol. The number of methoxy groups -OCH3 is 1. The van der Waals surface area contributed by atoms with Crippen molar-refractivity contribution in [3.05, 3.63) is 81.8 Å². The van der Waals surface area contributed by atoms with Crippen molar-refractivity contribution in [2.75, 3.05) is 7.11 Å². The number of benzene rings is 2. The van der Waals surface area contributed by atoms with Crippen molar-refractivity contribution in [2.45, 2.75) is 25.7 Å². The zero-order valence-corrected chi connectivity index (χ0v) is 17.7. The van der Waals surface area contributed by atoms with Crippen LogP contribution in [0.5, 0.6) is 0 Å². The van der Waals surface area contributed by atoms with E-state index in [1.165, 1.54) is 24.0 Å². The first-order chi connectivity index (χ1) is 14.0. The van der Waals surface area contributed by atoms with Gasteiger partial charge in [0, 0.05) is 15.6 Å². The SMILES string of the molecule is COC=C(c1ccc(Cl)cc1)C1CC1.O=CC(F)=C(c1ccc(Cl)cc1)C1CC1. The maximum atomic E-state index is 13.4. The number of ether oxygens (including phenoxy) is 1. The summed E-state index contributed by atoms with van der Waals surface area (Å²) in [5.74, 6) is 0.243. The van der Waals surface area contributed by atoms with E-state index in [-0.39, 0.29) is 12.2 Å². The molecule has 5 heteroatoms. The summed E-state index contributed by atoms with van der Waals surface area (Å²) in [6.45, 7) is 0. The highest BCUT2D eigenvalue weighted by Crippen LogP contribution is 2.44. The average Bonchev–Trinajstić information content (AvgIpc) is 3.63. The van der Waals surface area contributed by atoms with Crippen molar-refractivity contribution >= 4 is 40.6 Å². The molecule has 29 heavy (non-hydrogen) atoms. The van der Waals surface area contributed by atoms with Crippen LogP contribution < -0.4 is 0 Å². The maximum absolute atomic E-state index is 13.4. The fourth-order valence-electron chi connectivity index (χ4n) is 3.20. The number of rotatable bonds is 6. The van der Waals surface area contributed by atoms with E-state index in [0.717, 1.165) is 23.4 Å². The molecule has 0 bridgehead atoms. The molecule has 0 radical (unpaired) electrons. The zero-order valence-electron chi connectivity index (χ0n) is 16.2. The quantitative estimate of drug-likeness (QED) is 0.270. The Morgan fingerprint density at radius 2 is 1.38 bits per heavy atom. The standard InChI is InChI=1S/C12H10ClFO.C12H13ClO/c13-10-5-3-9(4-6-10)12(8-1-2-8)11(14)7-15;1-14-8-12(9-2-3-9)10-4-6-11(13)7-5-10/h3-8H,1-2H2;4-9H,2-3H2,1H3. The molecule has 2 saturated carbocycles. The molecule has 2 aliphatic carbocycles. The monoisotopic (exact) mass is 432 g/mol. The van der Waals surface area contributed by atoms with Crippen LogP contribution in [0.4, 0.5) is 4.39 Å². The van der Waals surface area contributed by atoms with Crippen LogP contribution in [-0.2, 0) is 9.53 Å². The summed E-state index contributed by atoms with van der Waals surface area (Å²) >= 11 is 11.6. The molecule has 2 nitrogen and oxygen atoms in total. The topological polar surface area (TPSA) is 26.3 Å². The van der Waals surface area contributed by atoms with Crippen LogP contribution in [0.15, 0.2) is 60.6 Å². The highest BCUT2D eigenvalue weighted by atomic mass is 35.5. The summed E-state index contributed by atoms with van der Waals surface area (Å²) in [7, 11) is 1.69. The van der Waals surface area contributed by atoms with Gasteiger partial charge in [0.1, 0.15) is 0 Å². The largest absolute Gasteiger partial charge is 0.504 e. The van der Waals surface area contributed by atoms with E-state index in [1.807, 2.05) is 30.5 Å². The van der Waals surface area contributed by atoms with Crippen LogP contribution in [-0.4, -0.2) is 13.4 Å². The van der Waals surface area contributed by atoms with Gasteiger partial charge in [-0.2, -0.15) is 0 Å². The molecule has 0 N–H and O–H groups in total. The molecule has 0 amide bonds. The average molecular weight is 433 g/mol. The van der Waals surface area contributed by atoms with Crippen LogP contribution in [0.3, 0.4) is 0 Å². The highest BCUT2D eigenvalue weighted by Gasteiger charge is 2.30. The third kappa shape index (κ3) is 6.19. The van der Waals surface area contributed by atoms with E-state index in [4.69, 9.17) is 27.9 Å². The van der Waals surface area contributed by atoms with Gasteiger partial charge in [-0.25, -0.2) is 4.39 Å². The van der Waals surface area contributed by atoms with E-state index in [9.17, 15) is 9.18 Å². The summed E-state index contributed by atoms with van der Waals surface area (Å²) in [4.78, 5) is 10.5. The molecule has 2 aliphatic rings. The van der Waals surface area contributed by atoms with Crippen LogP contribution >= 0.6 is 23.2 Å². The van der Waals surface area contributed by atoms with E-state index in [1.54, 1.807) is 31.4 Å². The third-order valence-corrected chi connectivity index (χ3v) is 5.45. The summed E-state index contributed by atoms with van der Waals surface area (Å²) in [6.07, 6.45) is 6.59. The number of carbonyl (C=O) groups excluding carboxylic acids is 1. The fraction of sp³-hybridized carbons (Fsp3) is 0.292. The molecule has 0 aromatic heterocycles. The molecule has 4 rings (SSSR count). The Morgan fingerprint density at radius 3 is 1.79 bits per heavy atom. The lowest BCUT2D eigenvalue weighted by Crippen LogP contribution is -1.91. The van der Waals surface area contributed by atoms with E-state index < -0.39 is 5.83 Å². The zero-order chi connectivity index (χ0) is 20.8. The smallest absolute Gasteiger partial charge is 0.178 e. The number of hydrogen-bond donors (Lipinski definition) is 0. The van der Waals surface area contributed by atoms with Gasteiger partial charge in [0.25, 0.3) is 0 Å². The Hall–Kier alpha value is -2.10. The maximum Gasteiger partial charge on any atom is 0.178 e. The fourth-order valence-corrected chi connectivity index (χ4v) is 3.45. The Labute approximate surface area is 181 Å². The van der Waals surface area contributed by atoms with Crippen molar-refractivity contribution in [2.24, 2.45) is 11.8 Å². The van der Waals surface area contributed by atoms with Crippen molar-refractivity contribution < 1.29 is 13.9 Å². The van der Waals surface area contributed by atoms with Gasteiger partial charge in [-0.15, -0.1) is 0 Å². The minimum atomic E-state index is -0.653. The minimum absolute atomic E-state index is 0.205. The first-order valence-electron chi connectivity index (χ1n) is 9.63. The summed E-state index contributed by atoms with van der Waals surface area (Å²) < 4.78 is 18.4. The molecule has 0 heterocycles. The minimum Gasteiger partial charge on any atom is -0.504 e.